The molecule has 0 atom stereocenters. The highest BCUT2D eigenvalue weighted by atomic mass is 16.6. The predicted octanol–water partition coefficient (Wildman–Crippen LogP) is 1.23. The van der Waals surface area contributed by atoms with E-state index in [1.54, 1.807) is 10.9 Å². The van der Waals surface area contributed by atoms with Gasteiger partial charge < -0.3 is 11.1 Å². The average Bonchev–Trinajstić information content (AvgIpc) is 2.67. The summed E-state index contributed by atoms with van der Waals surface area (Å²) in [6.07, 6.45) is 1.71. The number of aryl methyl sites for hydroxylation is 1. The van der Waals surface area contributed by atoms with Gasteiger partial charge in [0, 0.05) is 30.9 Å². The number of hydrogen-bond donors (Lipinski definition) is 2. The van der Waals surface area contributed by atoms with Gasteiger partial charge in [0.2, 0.25) is 5.82 Å². The molecule has 2 rings (SSSR count). The van der Waals surface area contributed by atoms with Gasteiger partial charge in [0.1, 0.15) is 5.82 Å². The van der Waals surface area contributed by atoms with Gasteiger partial charge in [-0.05, 0) is 13.0 Å². The van der Waals surface area contributed by atoms with Crippen molar-refractivity contribution in [1.82, 2.24) is 14.8 Å². The molecule has 2 aromatic heterocycles. The van der Waals surface area contributed by atoms with E-state index >= 15 is 0 Å². The number of hydrogen-bond acceptors (Lipinski definition) is 6. The first-order valence-corrected chi connectivity index (χ1v) is 5.61. The Morgan fingerprint density at radius 2 is 2.26 bits per heavy atom. The van der Waals surface area contributed by atoms with Crippen LogP contribution in [0.5, 0.6) is 0 Å². The van der Waals surface area contributed by atoms with Crippen molar-refractivity contribution in [2.24, 2.45) is 7.05 Å². The molecule has 0 aliphatic carbocycles. The summed E-state index contributed by atoms with van der Waals surface area (Å²) >= 11 is 0. The smallest absolute Gasteiger partial charge is 0.311 e. The molecular formula is C11H14N6O2. The van der Waals surface area contributed by atoms with Crippen LogP contribution >= 0.6 is 0 Å². The molecule has 0 amide bonds. The molecular weight excluding hydrogens is 248 g/mol. The fourth-order valence-electron chi connectivity index (χ4n) is 1.64. The predicted molar refractivity (Wildman–Crippen MR) is 70.6 cm³/mol. The second-order valence-corrected chi connectivity index (χ2v) is 4.09. The fraction of sp³-hybridized carbons (Fsp3) is 0.273. The van der Waals surface area contributed by atoms with Crippen molar-refractivity contribution >= 4 is 17.3 Å². The molecule has 0 unspecified atom stereocenters. The van der Waals surface area contributed by atoms with Crippen molar-refractivity contribution in [2.75, 3.05) is 11.1 Å². The molecule has 0 aliphatic heterocycles. The second-order valence-electron chi connectivity index (χ2n) is 4.09. The number of nitro groups is 1. The van der Waals surface area contributed by atoms with Crippen molar-refractivity contribution in [3.8, 4) is 0 Å². The molecule has 0 fully saturated rings. The first-order valence-electron chi connectivity index (χ1n) is 5.61. The van der Waals surface area contributed by atoms with Crippen LogP contribution in [0, 0.1) is 17.0 Å². The first kappa shape index (κ1) is 12.8. The quantitative estimate of drug-likeness (QED) is 0.633. The molecule has 0 aliphatic rings. The number of rotatable bonds is 4. The molecule has 0 bridgehead atoms. The lowest BCUT2D eigenvalue weighted by atomic mass is 10.2. The minimum absolute atomic E-state index is 0.101. The Labute approximate surface area is 109 Å². The van der Waals surface area contributed by atoms with Crippen molar-refractivity contribution in [3.05, 3.63) is 39.7 Å². The highest BCUT2D eigenvalue weighted by molar-refractivity contribution is 5.59. The maximum Gasteiger partial charge on any atom is 0.311 e. The van der Waals surface area contributed by atoms with Crippen LogP contribution in [0.4, 0.5) is 17.3 Å². The average molecular weight is 262 g/mol. The van der Waals surface area contributed by atoms with Gasteiger partial charge >= 0.3 is 5.69 Å². The zero-order valence-electron chi connectivity index (χ0n) is 10.6. The van der Waals surface area contributed by atoms with Gasteiger partial charge in [-0.3, -0.25) is 14.8 Å². The van der Waals surface area contributed by atoms with Gasteiger partial charge in [0.25, 0.3) is 0 Å². The third-order valence-corrected chi connectivity index (χ3v) is 2.88. The molecule has 100 valence electrons. The number of pyridine rings is 1. The monoisotopic (exact) mass is 262 g/mol. The lowest BCUT2D eigenvalue weighted by Crippen LogP contribution is -2.07. The number of aromatic nitrogens is 3. The van der Waals surface area contributed by atoms with Crippen molar-refractivity contribution in [1.29, 1.82) is 0 Å². The zero-order valence-corrected chi connectivity index (χ0v) is 10.6. The molecule has 3 N–H and O–H groups in total. The van der Waals surface area contributed by atoms with E-state index in [0.29, 0.717) is 6.54 Å². The molecule has 0 saturated heterocycles. The Bertz CT molecular complexity index is 622. The molecule has 8 nitrogen and oxygen atoms in total. The topological polar surface area (TPSA) is 112 Å². The third kappa shape index (κ3) is 2.62. The second kappa shape index (κ2) is 4.92. The van der Waals surface area contributed by atoms with Crippen LogP contribution in [0.15, 0.2) is 18.3 Å². The summed E-state index contributed by atoms with van der Waals surface area (Å²) in [4.78, 5) is 14.3. The van der Waals surface area contributed by atoms with Crippen LogP contribution < -0.4 is 11.1 Å². The largest absolute Gasteiger partial charge is 0.384 e. The summed E-state index contributed by atoms with van der Waals surface area (Å²) in [6, 6.07) is 2.74. The third-order valence-electron chi connectivity index (χ3n) is 2.88. The zero-order chi connectivity index (χ0) is 14.0. The van der Waals surface area contributed by atoms with Crippen molar-refractivity contribution in [3.63, 3.8) is 0 Å². The first-order chi connectivity index (χ1) is 8.99. The molecule has 19 heavy (non-hydrogen) atoms. The SMILES string of the molecule is Cc1c(CNc2nc(N)ccc2[N+](=O)[O-])cnn1C. The molecule has 2 heterocycles. The molecule has 0 saturated carbocycles. The summed E-state index contributed by atoms with van der Waals surface area (Å²) in [5, 5.41) is 17.9. The minimum Gasteiger partial charge on any atom is -0.384 e. The maximum absolute atomic E-state index is 10.9. The van der Waals surface area contributed by atoms with Gasteiger partial charge in [-0.2, -0.15) is 5.10 Å². The Balaban J connectivity index is 2.21. The molecule has 0 radical (unpaired) electrons. The van der Waals surface area contributed by atoms with Crippen LogP contribution in [-0.2, 0) is 13.6 Å². The Hall–Kier alpha value is -2.64. The van der Waals surface area contributed by atoms with Crippen LogP contribution in [0.2, 0.25) is 0 Å². The highest BCUT2D eigenvalue weighted by Gasteiger charge is 2.15. The molecule has 8 heteroatoms. The summed E-state index contributed by atoms with van der Waals surface area (Å²) in [7, 11) is 1.83. The number of nitrogens with two attached hydrogens (primary N) is 1. The van der Waals surface area contributed by atoms with E-state index in [4.69, 9.17) is 5.73 Å². The highest BCUT2D eigenvalue weighted by Crippen LogP contribution is 2.23. The molecule has 0 aromatic carbocycles. The van der Waals surface area contributed by atoms with E-state index in [0.717, 1.165) is 11.3 Å². The standard InChI is InChI=1S/C11H14N6O2/c1-7-8(6-14-16(7)2)5-13-11-9(17(18)19)3-4-10(12)15-11/h3-4,6H,5H2,1-2H3,(H3,12,13,15). The van der Waals surface area contributed by atoms with E-state index in [2.05, 4.69) is 15.4 Å². The number of nitrogens with zero attached hydrogens (tertiary/aromatic N) is 4. The number of nitrogen functional groups attached to an aromatic ring is 1. The van der Waals surface area contributed by atoms with E-state index in [1.165, 1.54) is 12.1 Å². The van der Waals surface area contributed by atoms with Gasteiger partial charge in [-0.15, -0.1) is 0 Å². The molecule has 0 spiro atoms. The summed E-state index contributed by atoms with van der Waals surface area (Å²) < 4.78 is 1.73. The van der Waals surface area contributed by atoms with Crippen LogP contribution in [0.1, 0.15) is 11.3 Å². The lowest BCUT2D eigenvalue weighted by molar-refractivity contribution is -0.384. The summed E-state index contributed by atoms with van der Waals surface area (Å²) in [5.41, 5.74) is 7.37. The van der Waals surface area contributed by atoms with Gasteiger partial charge in [-0.25, -0.2) is 4.98 Å². The Morgan fingerprint density at radius 3 is 2.84 bits per heavy atom. The number of nitrogens with one attached hydrogen (secondary N) is 1. The van der Waals surface area contributed by atoms with Gasteiger partial charge in [-0.1, -0.05) is 0 Å². The van der Waals surface area contributed by atoms with E-state index < -0.39 is 4.92 Å². The van der Waals surface area contributed by atoms with E-state index in [9.17, 15) is 10.1 Å². The van der Waals surface area contributed by atoms with Crippen LogP contribution in [0.3, 0.4) is 0 Å². The minimum atomic E-state index is -0.495. The summed E-state index contributed by atoms with van der Waals surface area (Å²) in [5.74, 6) is 0.393. The van der Waals surface area contributed by atoms with Crippen LogP contribution in [-0.4, -0.2) is 19.7 Å². The normalized spacial score (nSPS) is 10.4. The fourth-order valence-corrected chi connectivity index (χ4v) is 1.64. The van der Waals surface area contributed by atoms with E-state index in [1.807, 2.05) is 14.0 Å². The van der Waals surface area contributed by atoms with Crippen molar-refractivity contribution in [2.45, 2.75) is 13.5 Å². The van der Waals surface area contributed by atoms with E-state index in [-0.39, 0.29) is 17.3 Å². The summed E-state index contributed by atoms with van der Waals surface area (Å²) in [6.45, 7) is 2.32. The van der Waals surface area contributed by atoms with Crippen molar-refractivity contribution < 1.29 is 4.92 Å². The number of anilines is 2. The Kier molecular flexibility index (Phi) is 3.32. The Morgan fingerprint density at radius 1 is 1.53 bits per heavy atom. The molecule has 2 aromatic rings. The lowest BCUT2D eigenvalue weighted by Gasteiger charge is -2.06. The van der Waals surface area contributed by atoms with Gasteiger partial charge in [0.15, 0.2) is 0 Å². The van der Waals surface area contributed by atoms with Gasteiger partial charge in [0.05, 0.1) is 11.1 Å². The maximum atomic E-state index is 10.9. The van der Waals surface area contributed by atoms with Crippen LogP contribution in [0.25, 0.3) is 0 Å².